The molecule has 2 aliphatic heterocycles. The number of nitrogens with one attached hydrogen (secondary N) is 1. The highest BCUT2D eigenvalue weighted by Crippen LogP contribution is 2.22. The van der Waals surface area contributed by atoms with Crippen LogP contribution in [0.1, 0.15) is 48.0 Å². The third kappa shape index (κ3) is 5.65. The lowest BCUT2D eigenvalue weighted by Crippen LogP contribution is -2.49. The van der Waals surface area contributed by atoms with Crippen LogP contribution in [0.5, 0.6) is 0 Å². The monoisotopic (exact) mass is 436 g/mol. The molecule has 1 atom stereocenters. The van der Waals surface area contributed by atoms with Crippen LogP contribution in [0.4, 0.5) is 0 Å². The normalized spacial score (nSPS) is 19.1. The van der Waals surface area contributed by atoms with Crippen molar-refractivity contribution in [1.82, 2.24) is 19.7 Å². The second-order valence-electron chi connectivity index (χ2n) is 8.80. The molecule has 2 aromatic rings. The fraction of sp³-hybridized carbons (Fsp3) is 0.480. The Hall–Kier alpha value is -2.93. The molecule has 0 radical (unpaired) electrons. The summed E-state index contributed by atoms with van der Waals surface area (Å²) in [6.07, 6.45) is 7.17. The number of nitrogens with zero attached hydrogens (tertiary/aromatic N) is 3. The van der Waals surface area contributed by atoms with Crippen molar-refractivity contribution in [1.29, 1.82) is 0 Å². The first-order valence-electron chi connectivity index (χ1n) is 11.6. The largest absolute Gasteiger partial charge is 0.350 e. The number of likely N-dealkylation sites (tertiary alicyclic amines) is 2. The molecule has 1 N–H and O–H groups in total. The van der Waals surface area contributed by atoms with Gasteiger partial charge in [0.05, 0.1) is 5.56 Å². The lowest BCUT2D eigenvalue weighted by atomic mass is 10.0. The van der Waals surface area contributed by atoms with E-state index in [0.717, 1.165) is 51.0 Å². The molecule has 170 valence electrons. The van der Waals surface area contributed by atoms with Crippen LogP contribution in [0.3, 0.4) is 0 Å². The molecule has 1 aromatic heterocycles. The summed E-state index contributed by atoms with van der Waals surface area (Å²) < 4.78 is 1.33. The molecule has 2 aliphatic rings. The molecule has 32 heavy (non-hydrogen) atoms. The zero-order valence-corrected chi connectivity index (χ0v) is 18.5. The molecule has 1 aromatic carbocycles. The molecule has 2 saturated heterocycles. The van der Waals surface area contributed by atoms with E-state index in [0.29, 0.717) is 12.1 Å². The minimum atomic E-state index is -0.288. The van der Waals surface area contributed by atoms with Crippen LogP contribution in [-0.4, -0.2) is 58.4 Å². The zero-order valence-electron chi connectivity index (χ0n) is 18.5. The van der Waals surface area contributed by atoms with E-state index in [1.54, 1.807) is 6.07 Å². The molecule has 4 rings (SSSR count). The second kappa shape index (κ2) is 10.6. The molecule has 0 spiro atoms. The van der Waals surface area contributed by atoms with E-state index in [1.807, 2.05) is 35.2 Å². The smallest absolute Gasteiger partial charge is 0.255 e. The summed E-state index contributed by atoms with van der Waals surface area (Å²) in [6, 6.07) is 12.8. The summed E-state index contributed by atoms with van der Waals surface area (Å²) in [5, 5.41) is 2.83. The molecule has 2 amide bonds. The first-order valence-corrected chi connectivity index (χ1v) is 11.6. The van der Waals surface area contributed by atoms with E-state index >= 15 is 0 Å². The number of aromatic nitrogens is 1. The summed E-state index contributed by atoms with van der Waals surface area (Å²) in [7, 11) is 0. The van der Waals surface area contributed by atoms with Crippen molar-refractivity contribution < 1.29 is 9.59 Å². The van der Waals surface area contributed by atoms with Crippen LogP contribution in [0.15, 0.2) is 53.5 Å². The molecule has 0 aliphatic carbocycles. The number of piperidine rings is 1. The van der Waals surface area contributed by atoms with Gasteiger partial charge in [-0.2, -0.15) is 0 Å². The number of amides is 2. The van der Waals surface area contributed by atoms with Crippen molar-refractivity contribution in [2.45, 2.75) is 51.2 Å². The highest BCUT2D eigenvalue weighted by atomic mass is 16.2. The third-order valence-corrected chi connectivity index (χ3v) is 6.43. The molecular formula is C25H32N4O3. The number of carbonyl (C=O) groups excluding carboxylic acids is 2. The van der Waals surface area contributed by atoms with Gasteiger partial charge in [-0.1, -0.05) is 30.3 Å². The summed E-state index contributed by atoms with van der Waals surface area (Å²) in [6.45, 7) is 4.19. The van der Waals surface area contributed by atoms with Gasteiger partial charge in [0.15, 0.2) is 0 Å². The van der Waals surface area contributed by atoms with Crippen LogP contribution >= 0.6 is 0 Å². The van der Waals surface area contributed by atoms with Gasteiger partial charge in [0.2, 0.25) is 5.91 Å². The number of rotatable bonds is 7. The molecular weight excluding hydrogens is 404 g/mol. The Labute approximate surface area is 189 Å². The van der Waals surface area contributed by atoms with Crippen LogP contribution < -0.4 is 10.9 Å². The van der Waals surface area contributed by atoms with Crippen molar-refractivity contribution in [3.05, 3.63) is 70.1 Å². The van der Waals surface area contributed by atoms with Gasteiger partial charge in [0.1, 0.15) is 6.54 Å². The van der Waals surface area contributed by atoms with Gasteiger partial charge in [-0.05, 0) is 56.8 Å². The standard InChI is InChI=1S/C25H32N4O3/c30-23(26-16-20-8-2-1-3-9-20)19-28-17-21(11-12-24(28)31)25(32)29-15-5-4-10-22(29)18-27-13-6-7-14-27/h1-3,8-9,11-12,17,22H,4-7,10,13-16,18-19H2,(H,26,30). The maximum absolute atomic E-state index is 13.3. The summed E-state index contributed by atoms with van der Waals surface area (Å²) in [5.41, 5.74) is 1.17. The fourth-order valence-corrected chi connectivity index (χ4v) is 4.68. The van der Waals surface area contributed by atoms with Gasteiger partial charge in [-0.15, -0.1) is 0 Å². The van der Waals surface area contributed by atoms with Crippen LogP contribution in [0, 0.1) is 0 Å². The van der Waals surface area contributed by atoms with Crippen molar-refractivity contribution in [2.75, 3.05) is 26.2 Å². The summed E-state index contributed by atoms with van der Waals surface area (Å²) >= 11 is 0. The van der Waals surface area contributed by atoms with Gasteiger partial charge in [-0.25, -0.2) is 0 Å². The van der Waals surface area contributed by atoms with E-state index in [1.165, 1.54) is 29.7 Å². The molecule has 7 nitrogen and oxygen atoms in total. The highest BCUT2D eigenvalue weighted by molar-refractivity contribution is 5.94. The highest BCUT2D eigenvalue weighted by Gasteiger charge is 2.30. The van der Waals surface area contributed by atoms with Crippen LogP contribution in [0.25, 0.3) is 0 Å². The van der Waals surface area contributed by atoms with Crippen LogP contribution in [-0.2, 0) is 17.9 Å². The fourth-order valence-electron chi connectivity index (χ4n) is 4.68. The Morgan fingerprint density at radius 1 is 0.938 bits per heavy atom. The van der Waals surface area contributed by atoms with E-state index in [2.05, 4.69) is 10.2 Å². The molecule has 1 unspecified atom stereocenters. The lowest BCUT2D eigenvalue weighted by molar-refractivity contribution is -0.121. The molecule has 0 bridgehead atoms. The number of pyridine rings is 1. The Kier molecular flexibility index (Phi) is 7.37. The van der Waals surface area contributed by atoms with Gasteiger partial charge in [0, 0.05) is 37.9 Å². The topological polar surface area (TPSA) is 74.7 Å². The van der Waals surface area contributed by atoms with E-state index < -0.39 is 0 Å². The van der Waals surface area contributed by atoms with Gasteiger partial charge < -0.3 is 19.7 Å². The Morgan fingerprint density at radius 3 is 2.47 bits per heavy atom. The van der Waals surface area contributed by atoms with Crippen molar-refractivity contribution in [2.24, 2.45) is 0 Å². The van der Waals surface area contributed by atoms with E-state index in [9.17, 15) is 14.4 Å². The third-order valence-electron chi connectivity index (χ3n) is 6.43. The van der Waals surface area contributed by atoms with Crippen molar-refractivity contribution >= 4 is 11.8 Å². The maximum Gasteiger partial charge on any atom is 0.255 e. The molecule has 2 fully saturated rings. The average molecular weight is 437 g/mol. The predicted molar refractivity (Wildman–Crippen MR) is 123 cm³/mol. The zero-order chi connectivity index (χ0) is 22.3. The molecule has 7 heteroatoms. The summed E-state index contributed by atoms with van der Waals surface area (Å²) in [5.74, 6) is -0.308. The molecule has 3 heterocycles. The maximum atomic E-state index is 13.3. The predicted octanol–water partition coefficient (Wildman–Crippen LogP) is 2.26. The Morgan fingerprint density at radius 2 is 1.69 bits per heavy atom. The van der Waals surface area contributed by atoms with Crippen LogP contribution in [0.2, 0.25) is 0 Å². The van der Waals surface area contributed by atoms with Gasteiger partial charge in [-0.3, -0.25) is 14.4 Å². The second-order valence-corrected chi connectivity index (χ2v) is 8.80. The lowest BCUT2D eigenvalue weighted by Gasteiger charge is -2.38. The molecule has 0 saturated carbocycles. The van der Waals surface area contributed by atoms with Gasteiger partial charge >= 0.3 is 0 Å². The average Bonchev–Trinajstić information content (AvgIpc) is 3.33. The minimum absolute atomic E-state index is 0.0488. The summed E-state index contributed by atoms with van der Waals surface area (Å²) in [4.78, 5) is 42.5. The number of benzene rings is 1. The minimum Gasteiger partial charge on any atom is -0.350 e. The number of carbonyl (C=O) groups is 2. The number of hydrogen-bond acceptors (Lipinski definition) is 4. The van der Waals surface area contributed by atoms with Crippen molar-refractivity contribution in [3.63, 3.8) is 0 Å². The first kappa shape index (κ1) is 22.3. The van der Waals surface area contributed by atoms with E-state index in [-0.39, 0.29) is 30.0 Å². The Balaban J connectivity index is 1.41. The SMILES string of the molecule is O=C(Cn1cc(C(=O)N2CCCCC2CN2CCCC2)ccc1=O)NCc1ccccc1. The number of hydrogen-bond donors (Lipinski definition) is 1. The van der Waals surface area contributed by atoms with E-state index in [4.69, 9.17) is 0 Å². The van der Waals surface area contributed by atoms with Gasteiger partial charge in [0.25, 0.3) is 11.5 Å². The quantitative estimate of drug-likeness (QED) is 0.723. The first-order chi connectivity index (χ1) is 15.6. The van der Waals surface area contributed by atoms with Crippen molar-refractivity contribution in [3.8, 4) is 0 Å². The Bertz CT molecular complexity index is 982.